The Morgan fingerprint density at radius 1 is 1.31 bits per heavy atom. The zero-order chi connectivity index (χ0) is 12.6. The highest BCUT2D eigenvalue weighted by Crippen LogP contribution is 2.22. The third-order valence-electron chi connectivity index (χ3n) is 2.90. The van der Waals surface area contributed by atoms with Gasteiger partial charge in [-0.1, -0.05) is 39.5 Å². The maximum atomic E-state index is 11.3. The summed E-state index contributed by atoms with van der Waals surface area (Å²) >= 11 is 0. The second-order valence-electron chi connectivity index (χ2n) is 4.07. The molecule has 0 aromatic heterocycles. The van der Waals surface area contributed by atoms with E-state index in [4.69, 9.17) is 5.11 Å². The lowest BCUT2D eigenvalue weighted by atomic mass is 9.88. The van der Waals surface area contributed by atoms with E-state index < -0.39 is 17.9 Å². The third kappa shape index (κ3) is 5.14. The first-order chi connectivity index (χ1) is 7.56. The Morgan fingerprint density at radius 3 is 2.31 bits per heavy atom. The van der Waals surface area contributed by atoms with Crippen LogP contribution in [0, 0.1) is 11.8 Å². The molecule has 2 unspecified atom stereocenters. The number of esters is 1. The van der Waals surface area contributed by atoms with Crippen molar-refractivity contribution in [3.05, 3.63) is 0 Å². The Morgan fingerprint density at radius 2 is 1.94 bits per heavy atom. The molecule has 0 aromatic carbocycles. The molecule has 0 aliphatic rings. The van der Waals surface area contributed by atoms with Crippen molar-refractivity contribution in [2.75, 3.05) is 7.11 Å². The molecule has 0 fully saturated rings. The van der Waals surface area contributed by atoms with E-state index in [9.17, 15) is 9.59 Å². The number of unbranched alkanes of at least 4 members (excludes halogenated alkanes) is 1. The predicted molar refractivity (Wildman–Crippen MR) is 61.1 cm³/mol. The molecule has 0 aromatic rings. The molecule has 0 aliphatic heterocycles. The summed E-state index contributed by atoms with van der Waals surface area (Å²) in [5, 5.41) is 8.94. The van der Waals surface area contributed by atoms with Crippen LogP contribution in [0.1, 0.15) is 46.0 Å². The van der Waals surface area contributed by atoms with Crippen molar-refractivity contribution in [1.29, 1.82) is 0 Å². The molecule has 0 saturated heterocycles. The molecular weight excluding hydrogens is 208 g/mol. The summed E-state index contributed by atoms with van der Waals surface area (Å²) in [4.78, 5) is 22.2. The molecule has 4 heteroatoms. The van der Waals surface area contributed by atoms with Crippen LogP contribution < -0.4 is 0 Å². The maximum Gasteiger partial charge on any atom is 0.320 e. The number of carbonyl (C=O) groups is 2. The Labute approximate surface area is 97.0 Å². The minimum atomic E-state index is -1.08. The number of rotatable bonds is 8. The number of ether oxygens (including phenoxy) is 1. The second kappa shape index (κ2) is 8.13. The standard InChI is InChI=1S/C12H22O4/c1-4-6-7-9(5-2)8-10(11(13)14)12(15)16-3/h9-10H,4-8H2,1-3H3,(H,13,14). The number of hydrogen-bond acceptors (Lipinski definition) is 3. The van der Waals surface area contributed by atoms with Crippen LogP contribution in [-0.4, -0.2) is 24.2 Å². The summed E-state index contributed by atoms with van der Waals surface area (Å²) in [6, 6.07) is 0. The van der Waals surface area contributed by atoms with E-state index >= 15 is 0 Å². The molecule has 0 saturated carbocycles. The van der Waals surface area contributed by atoms with Gasteiger partial charge in [-0.05, 0) is 12.3 Å². The first-order valence-corrected chi connectivity index (χ1v) is 5.87. The highest BCUT2D eigenvalue weighted by molar-refractivity contribution is 5.93. The summed E-state index contributed by atoms with van der Waals surface area (Å²) in [6.45, 7) is 4.12. The Bertz CT molecular complexity index is 225. The van der Waals surface area contributed by atoms with Crippen LogP contribution in [0.3, 0.4) is 0 Å². The smallest absolute Gasteiger partial charge is 0.320 e. The minimum Gasteiger partial charge on any atom is -0.481 e. The average Bonchev–Trinajstić information content (AvgIpc) is 2.28. The van der Waals surface area contributed by atoms with Crippen molar-refractivity contribution >= 4 is 11.9 Å². The topological polar surface area (TPSA) is 63.6 Å². The molecule has 0 rings (SSSR count). The van der Waals surface area contributed by atoms with E-state index in [1.165, 1.54) is 7.11 Å². The van der Waals surface area contributed by atoms with Crippen LogP contribution in [0.2, 0.25) is 0 Å². The van der Waals surface area contributed by atoms with Gasteiger partial charge in [-0.3, -0.25) is 9.59 Å². The van der Waals surface area contributed by atoms with Crippen LogP contribution in [0.4, 0.5) is 0 Å². The number of carboxylic acid groups (broad SMARTS) is 1. The van der Waals surface area contributed by atoms with Gasteiger partial charge < -0.3 is 9.84 Å². The average molecular weight is 230 g/mol. The SMILES string of the molecule is CCCCC(CC)CC(C(=O)O)C(=O)OC. The molecule has 0 amide bonds. The Hall–Kier alpha value is -1.06. The number of hydrogen-bond donors (Lipinski definition) is 1. The van der Waals surface area contributed by atoms with Crippen molar-refractivity contribution in [2.24, 2.45) is 11.8 Å². The van der Waals surface area contributed by atoms with Gasteiger partial charge in [0, 0.05) is 0 Å². The highest BCUT2D eigenvalue weighted by atomic mass is 16.5. The van der Waals surface area contributed by atoms with Gasteiger partial charge in [0.2, 0.25) is 0 Å². The number of methoxy groups -OCH3 is 1. The van der Waals surface area contributed by atoms with E-state index in [0.717, 1.165) is 25.7 Å². The van der Waals surface area contributed by atoms with Crippen molar-refractivity contribution in [2.45, 2.75) is 46.0 Å². The molecule has 0 radical (unpaired) electrons. The third-order valence-corrected chi connectivity index (χ3v) is 2.90. The fourth-order valence-corrected chi connectivity index (χ4v) is 1.75. The summed E-state index contributed by atoms with van der Waals surface area (Å²) < 4.78 is 4.50. The van der Waals surface area contributed by atoms with Crippen LogP contribution in [-0.2, 0) is 14.3 Å². The van der Waals surface area contributed by atoms with Gasteiger partial charge in [0.25, 0.3) is 0 Å². The van der Waals surface area contributed by atoms with Crippen LogP contribution in [0.25, 0.3) is 0 Å². The molecule has 16 heavy (non-hydrogen) atoms. The lowest BCUT2D eigenvalue weighted by molar-refractivity contribution is -0.157. The Kier molecular flexibility index (Phi) is 7.60. The number of carboxylic acids is 1. The fraction of sp³-hybridized carbons (Fsp3) is 0.833. The molecule has 0 heterocycles. The molecular formula is C12H22O4. The lowest BCUT2D eigenvalue weighted by Gasteiger charge is -2.18. The summed E-state index contributed by atoms with van der Waals surface area (Å²) in [6.07, 6.45) is 4.44. The van der Waals surface area contributed by atoms with E-state index in [2.05, 4.69) is 11.7 Å². The summed E-state index contributed by atoms with van der Waals surface area (Å²) in [5.41, 5.74) is 0. The summed E-state index contributed by atoms with van der Waals surface area (Å²) in [7, 11) is 1.23. The van der Waals surface area contributed by atoms with Gasteiger partial charge in [0.05, 0.1) is 7.11 Å². The zero-order valence-corrected chi connectivity index (χ0v) is 10.4. The van der Waals surface area contributed by atoms with Gasteiger partial charge >= 0.3 is 11.9 Å². The zero-order valence-electron chi connectivity index (χ0n) is 10.4. The van der Waals surface area contributed by atoms with E-state index in [1.807, 2.05) is 6.92 Å². The maximum absolute atomic E-state index is 11.3. The largest absolute Gasteiger partial charge is 0.481 e. The van der Waals surface area contributed by atoms with Crippen molar-refractivity contribution in [1.82, 2.24) is 0 Å². The van der Waals surface area contributed by atoms with E-state index in [-0.39, 0.29) is 0 Å². The summed E-state index contributed by atoms with van der Waals surface area (Å²) in [5.74, 6) is -2.43. The second-order valence-corrected chi connectivity index (χ2v) is 4.07. The van der Waals surface area contributed by atoms with Gasteiger partial charge in [0.1, 0.15) is 0 Å². The molecule has 0 bridgehead atoms. The predicted octanol–water partition coefficient (Wildman–Crippen LogP) is 2.47. The molecule has 0 aliphatic carbocycles. The normalized spacial score (nSPS) is 14.2. The minimum absolute atomic E-state index is 0.292. The quantitative estimate of drug-likeness (QED) is 0.514. The number of carbonyl (C=O) groups excluding carboxylic acids is 1. The van der Waals surface area contributed by atoms with Crippen LogP contribution in [0.15, 0.2) is 0 Å². The van der Waals surface area contributed by atoms with Crippen molar-refractivity contribution < 1.29 is 19.4 Å². The van der Waals surface area contributed by atoms with E-state index in [0.29, 0.717) is 12.3 Å². The van der Waals surface area contributed by atoms with E-state index in [1.54, 1.807) is 0 Å². The monoisotopic (exact) mass is 230 g/mol. The molecule has 1 N–H and O–H groups in total. The fourth-order valence-electron chi connectivity index (χ4n) is 1.75. The van der Waals surface area contributed by atoms with Crippen LogP contribution >= 0.6 is 0 Å². The Balaban J connectivity index is 4.34. The number of aliphatic carboxylic acids is 1. The lowest BCUT2D eigenvalue weighted by Crippen LogP contribution is -2.27. The van der Waals surface area contributed by atoms with Gasteiger partial charge in [-0.25, -0.2) is 0 Å². The first kappa shape index (κ1) is 14.9. The molecule has 4 nitrogen and oxygen atoms in total. The van der Waals surface area contributed by atoms with Crippen molar-refractivity contribution in [3.8, 4) is 0 Å². The van der Waals surface area contributed by atoms with Crippen LogP contribution in [0.5, 0.6) is 0 Å². The van der Waals surface area contributed by atoms with Crippen molar-refractivity contribution in [3.63, 3.8) is 0 Å². The van der Waals surface area contributed by atoms with Gasteiger partial charge in [0.15, 0.2) is 5.92 Å². The van der Waals surface area contributed by atoms with Gasteiger partial charge in [-0.15, -0.1) is 0 Å². The molecule has 94 valence electrons. The molecule has 0 spiro atoms. The highest BCUT2D eigenvalue weighted by Gasteiger charge is 2.29. The first-order valence-electron chi connectivity index (χ1n) is 5.87. The molecule has 2 atom stereocenters. The van der Waals surface area contributed by atoms with Gasteiger partial charge in [-0.2, -0.15) is 0 Å².